The van der Waals surface area contributed by atoms with Crippen molar-refractivity contribution in [2.45, 2.75) is 31.6 Å². The number of rotatable bonds is 8. The topological polar surface area (TPSA) is 68.1 Å². The molecule has 1 saturated carbocycles. The number of Topliss-reactive ketones (excluding diaryl/α,β-unsaturated/α-hetero) is 1. The maximum absolute atomic E-state index is 13.5. The summed E-state index contributed by atoms with van der Waals surface area (Å²) in [6.45, 7) is 0.491. The molecule has 1 atom stereocenters. The maximum atomic E-state index is 13.5. The van der Waals surface area contributed by atoms with Crippen LogP contribution in [0.3, 0.4) is 0 Å². The normalized spacial score (nSPS) is 17.8. The number of fused-ring (bicyclic) bond motifs is 1. The average molecular weight is 520 g/mol. The fraction of sp³-hybridized carbons (Fsp3) is 0.235. The van der Waals surface area contributed by atoms with Gasteiger partial charge in [-0.1, -0.05) is 78.9 Å². The third-order valence-corrected chi connectivity index (χ3v) is 7.39. The molecule has 1 aliphatic rings. The van der Waals surface area contributed by atoms with Gasteiger partial charge < -0.3 is 14.6 Å². The number of carbonyl (C=O) groups excluding carboxylic acids is 1. The molecule has 198 valence electrons. The second-order valence-electron chi connectivity index (χ2n) is 9.84. The lowest BCUT2D eigenvalue weighted by Crippen LogP contribution is -2.27. The number of allylic oxidation sites excluding steroid dienone is 2. The second kappa shape index (κ2) is 12.0. The predicted octanol–water partition coefficient (Wildman–Crippen LogP) is 7.04. The minimum Gasteiger partial charge on any atom is -0.511 e. The number of hydrogen-bond acceptors (Lipinski definition) is 5. The van der Waals surface area contributed by atoms with Crippen LogP contribution in [-0.2, 0) is 17.6 Å². The quantitative estimate of drug-likeness (QED) is 0.200. The number of aliphatic hydroxyl groups excluding tert-OH is 1. The number of aliphatic imine (C=N–C) groups is 1. The van der Waals surface area contributed by atoms with E-state index in [9.17, 15) is 9.90 Å². The molecule has 5 nitrogen and oxygen atoms in total. The lowest BCUT2D eigenvalue weighted by atomic mass is 9.78. The fourth-order valence-corrected chi connectivity index (χ4v) is 5.40. The Morgan fingerprint density at radius 1 is 0.872 bits per heavy atom. The van der Waals surface area contributed by atoms with Gasteiger partial charge in [0.15, 0.2) is 17.3 Å². The standard InChI is InChI=1S/C34H33NO4/c1-38-32-16-15-23(19-33(32)39-2)17-18-35-29-20-27(24-9-4-3-5-10-24)22-31(37)34(29)30(36)21-26-13-8-12-25-11-6-7-14-28(25)26/h3-16,19,27,36H,17-18,20-22H2,1-2H3/b34-30-,35-29?. The molecular weight excluding hydrogens is 486 g/mol. The van der Waals surface area contributed by atoms with Crippen LogP contribution in [-0.4, -0.2) is 37.4 Å². The van der Waals surface area contributed by atoms with Gasteiger partial charge in [0, 0.05) is 25.1 Å². The van der Waals surface area contributed by atoms with Gasteiger partial charge in [-0.05, 0) is 58.4 Å². The van der Waals surface area contributed by atoms with Crippen LogP contribution in [0.1, 0.15) is 35.4 Å². The minimum absolute atomic E-state index is 0.0348. The zero-order chi connectivity index (χ0) is 27.2. The summed E-state index contributed by atoms with van der Waals surface area (Å²) in [6, 6.07) is 30.1. The van der Waals surface area contributed by atoms with Gasteiger partial charge in [0.25, 0.3) is 0 Å². The van der Waals surface area contributed by atoms with Gasteiger partial charge >= 0.3 is 0 Å². The Labute approximate surface area is 229 Å². The molecule has 1 N–H and O–H groups in total. The Balaban J connectivity index is 1.46. The molecule has 5 heteroatoms. The van der Waals surface area contributed by atoms with Gasteiger partial charge in [0.2, 0.25) is 0 Å². The Morgan fingerprint density at radius 2 is 1.62 bits per heavy atom. The van der Waals surface area contributed by atoms with Gasteiger partial charge in [0.1, 0.15) is 5.76 Å². The highest BCUT2D eigenvalue weighted by Crippen LogP contribution is 2.34. The Morgan fingerprint density at radius 3 is 2.41 bits per heavy atom. The zero-order valence-electron chi connectivity index (χ0n) is 22.4. The van der Waals surface area contributed by atoms with E-state index in [1.165, 1.54) is 0 Å². The molecular formula is C34H33NO4. The summed E-state index contributed by atoms with van der Waals surface area (Å²) < 4.78 is 10.8. The number of methoxy groups -OCH3 is 2. The monoisotopic (exact) mass is 519 g/mol. The van der Waals surface area contributed by atoms with Crippen molar-refractivity contribution in [3.63, 3.8) is 0 Å². The smallest absolute Gasteiger partial charge is 0.168 e. The zero-order valence-corrected chi connectivity index (χ0v) is 22.4. The van der Waals surface area contributed by atoms with E-state index >= 15 is 0 Å². The van der Waals surface area contributed by atoms with Crippen LogP contribution < -0.4 is 9.47 Å². The van der Waals surface area contributed by atoms with E-state index in [0.717, 1.165) is 27.5 Å². The van der Waals surface area contributed by atoms with E-state index in [0.29, 0.717) is 48.6 Å². The number of benzene rings is 4. The van der Waals surface area contributed by atoms with Crippen LogP contribution in [0.2, 0.25) is 0 Å². The molecule has 1 aliphatic carbocycles. The molecule has 0 radical (unpaired) electrons. The summed E-state index contributed by atoms with van der Waals surface area (Å²) in [5, 5.41) is 13.6. The SMILES string of the molecule is COc1ccc(CCN=C2CC(c3ccccc3)CC(=O)/C2=C(\O)Cc2cccc3ccccc23)cc1OC. The maximum Gasteiger partial charge on any atom is 0.168 e. The summed E-state index contributed by atoms with van der Waals surface area (Å²) in [5.74, 6) is 1.42. The van der Waals surface area contributed by atoms with Crippen molar-refractivity contribution in [1.29, 1.82) is 0 Å². The molecule has 4 aromatic carbocycles. The highest BCUT2D eigenvalue weighted by atomic mass is 16.5. The van der Waals surface area contributed by atoms with Gasteiger partial charge in [-0.15, -0.1) is 0 Å². The number of hydrogen-bond donors (Lipinski definition) is 1. The molecule has 0 saturated heterocycles. The molecule has 0 aromatic heterocycles. The highest BCUT2D eigenvalue weighted by Gasteiger charge is 2.32. The Bertz CT molecular complexity index is 1530. The van der Waals surface area contributed by atoms with E-state index in [-0.39, 0.29) is 23.9 Å². The van der Waals surface area contributed by atoms with Gasteiger partial charge in [-0.3, -0.25) is 9.79 Å². The first-order chi connectivity index (χ1) is 19.1. The average Bonchev–Trinajstić information content (AvgIpc) is 2.97. The number of nitrogens with zero attached hydrogens (tertiary/aromatic N) is 1. The molecule has 0 spiro atoms. The predicted molar refractivity (Wildman–Crippen MR) is 156 cm³/mol. The minimum atomic E-state index is -0.0577. The van der Waals surface area contributed by atoms with E-state index in [4.69, 9.17) is 14.5 Å². The summed E-state index contributed by atoms with van der Waals surface area (Å²) in [7, 11) is 3.24. The molecule has 39 heavy (non-hydrogen) atoms. The van der Waals surface area contributed by atoms with Crippen LogP contribution >= 0.6 is 0 Å². The highest BCUT2D eigenvalue weighted by molar-refractivity contribution is 6.24. The molecule has 0 amide bonds. The third kappa shape index (κ3) is 5.88. The second-order valence-corrected chi connectivity index (χ2v) is 9.84. The first kappa shape index (κ1) is 26.2. The summed E-state index contributed by atoms with van der Waals surface area (Å²) in [5.41, 5.74) is 4.22. The van der Waals surface area contributed by atoms with E-state index in [1.54, 1.807) is 14.2 Å². The Kier molecular flexibility index (Phi) is 8.07. The summed E-state index contributed by atoms with van der Waals surface area (Å²) >= 11 is 0. The van der Waals surface area contributed by atoms with Crippen LogP contribution in [0.25, 0.3) is 10.8 Å². The molecule has 0 bridgehead atoms. The Hall–Kier alpha value is -4.38. The molecule has 1 fully saturated rings. The van der Waals surface area contributed by atoms with E-state index in [2.05, 4.69) is 30.3 Å². The van der Waals surface area contributed by atoms with Crippen LogP contribution in [0.5, 0.6) is 11.5 Å². The van der Waals surface area contributed by atoms with Crippen LogP contribution in [0, 0.1) is 0 Å². The van der Waals surface area contributed by atoms with Crippen molar-refractivity contribution >= 4 is 22.3 Å². The summed E-state index contributed by atoms with van der Waals surface area (Å²) in [6.07, 6.45) is 1.92. The largest absolute Gasteiger partial charge is 0.511 e. The number of ketones is 1. The lowest BCUT2D eigenvalue weighted by Gasteiger charge is -2.26. The van der Waals surface area contributed by atoms with Gasteiger partial charge in [-0.25, -0.2) is 0 Å². The third-order valence-electron chi connectivity index (χ3n) is 7.39. The van der Waals surface area contributed by atoms with Crippen molar-refractivity contribution < 1.29 is 19.4 Å². The van der Waals surface area contributed by atoms with Crippen LogP contribution in [0.4, 0.5) is 0 Å². The van der Waals surface area contributed by atoms with Crippen molar-refractivity contribution in [2.24, 2.45) is 4.99 Å². The van der Waals surface area contributed by atoms with Gasteiger partial charge in [-0.2, -0.15) is 0 Å². The number of ether oxygens (including phenoxy) is 2. The molecule has 0 heterocycles. The number of aliphatic hydroxyl groups is 1. The number of carbonyl (C=O) groups is 1. The molecule has 4 aromatic rings. The van der Waals surface area contributed by atoms with Crippen molar-refractivity contribution in [1.82, 2.24) is 0 Å². The first-order valence-electron chi connectivity index (χ1n) is 13.3. The van der Waals surface area contributed by atoms with E-state index in [1.807, 2.05) is 60.7 Å². The lowest BCUT2D eigenvalue weighted by molar-refractivity contribution is -0.115. The first-order valence-corrected chi connectivity index (χ1v) is 13.3. The van der Waals surface area contributed by atoms with E-state index < -0.39 is 0 Å². The van der Waals surface area contributed by atoms with Crippen molar-refractivity contribution in [2.75, 3.05) is 20.8 Å². The van der Waals surface area contributed by atoms with Crippen LogP contribution in [0.15, 0.2) is 107 Å². The van der Waals surface area contributed by atoms with Gasteiger partial charge in [0.05, 0.1) is 19.8 Å². The molecule has 1 unspecified atom stereocenters. The summed E-state index contributed by atoms with van der Waals surface area (Å²) in [4.78, 5) is 18.5. The fourth-order valence-electron chi connectivity index (χ4n) is 5.40. The van der Waals surface area contributed by atoms with Crippen molar-refractivity contribution in [3.8, 4) is 11.5 Å². The molecule has 0 aliphatic heterocycles. The molecule has 5 rings (SSSR count). The van der Waals surface area contributed by atoms with Crippen molar-refractivity contribution in [3.05, 3.63) is 119 Å².